The third-order valence-electron chi connectivity index (χ3n) is 9.51. The van der Waals surface area contributed by atoms with E-state index in [2.05, 4.69) is 44.1 Å². The van der Waals surface area contributed by atoms with Crippen LogP contribution in [0.2, 0.25) is 0 Å². The summed E-state index contributed by atoms with van der Waals surface area (Å²) in [4.78, 5) is 7.57. The Kier molecular flexibility index (Phi) is 6.74. The summed E-state index contributed by atoms with van der Waals surface area (Å²) in [6.07, 6.45) is 8.03. The molecule has 7 heteroatoms. The highest BCUT2D eigenvalue weighted by molar-refractivity contribution is 5.88. The van der Waals surface area contributed by atoms with Crippen molar-refractivity contribution in [2.24, 2.45) is 17.8 Å². The third-order valence-corrected chi connectivity index (χ3v) is 9.51. The van der Waals surface area contributed by atoms with Crippen LogP contribution in [0.1, 0.15) is 44.1 Å². The number of anilines is 1. The highest BCUT2D eigenvalue weighted by Crippen LogP contribution is 2.35. The predicted octanol–water partition coefficient (Wildman–Crippen LogP) is 5.57. The molecule has 5 fully saturated rings. The summed E-state index contributed by atoms with van der Waals surface area (Å²) < 4.78 is 25.7. The Bertz CT molecular complexity index is 1240. The van der Waals surface area contributed by atoms with Crippen molar-refractivity contribution in [3.8, 4) is 5.75 Å². The summed E-state index contributed by atoms with van der Waals surface area (Å²) in [5, 5.41) is 5.05. The fourth-order valence-corrected chi connectivity index (χ4v) is 7.45. The van der Waals surface area contributed by atoms with Gasteiger partial charge < -0.3 is 14.2 Å². The molecule has 5 heterocycles. The molecule has 8 rings (SSSR count). The minimum Gasteiger partial charge on any atom is -0.493 e. The van der Waals surface area contributed by atoms with E-state index in [9.17, 15) is 4.39 Å². The fraction of sp³-hybridized carbons (Fsp3) is 0.581. The predicted molar refractivity (Wildman–Crippen MR) is 147 cm³/mol. The Morgan fingerprint density at radius 2 is 1.74 bits per heavy atom. The molecule has 0 spiro atoms. The molecule has 4 aliphatic heterocycles. The lowest BCUT2D eigenvalue weighted by Gasteiger charge is -2.46. The van der Waals surface area contributed by atoms with Gasteiger partial charge in [-0.1, -0.05) is 17.3 Å². The van der Waals surface area contributed by atoms with E-state index in [-0.39, 0.29) is 5.82 Å². The van der Waals surface area contributed by atoms with Crippen molar-refractivity contribution in [3.05, 3.63) is 53.8 Å². The number of piperazine rings is 1. The zero-order chi connectivity index (χ0) is 25.5. The number of ether oxygens (including phenoxy) is 1. The van der Waals surface area contributed by atoms with E-state index in [0.29, 0.717) is 17.5 Å². The average Bonchev–Trinajstić information content (AvgIpc) is 3.13. The quantitative estimate of drug-likeness (QED) is 0.425. The number of halogens is 1. The Morgan fingerprint density at radius 1 is 0.895 bits per heavy atom. The first-order valence-electron chi connectivity index (χ1n) is 14.6. The largest absolute Gasteiger partial charge is 0.493 e. The van der Waals surface area contributed by atoms with Crippen molar-refractivity contribution < 1.29 is 13.7 Å². The summed E-state index contributed by atoms with van der Waals surface area (Å²) in [6.45, 7) is 8.20. The summed E-state index contributed by atoms with van der Waals surface area (Å²) in [5.74, 6) is 3.90. The maximum Gasteiger partial charge on any atom is 0.180 e. The van der Waals surface area contributed by atoms with Crippen molar-refractivity contribution in [1.82, 2.24) is 15.0 Å². The van der Waals surface area contributed by atoms with Crippen LogP contribution in [0.3, 0.4) is 0 Å². The van der Waals surface area contributed by atoms with Gasteiger partial charge in [-0.3, -0.25) is 9.80 Å². The summed E-state index contributed by atoms with van der Waals surface area (Å²) in [5.41, 5.74) is 2.02. The molecular formula is C31H39FN4O2. The highest BCUT2D eigenvalue weighted by atomic mass is 19.1. The van der Waals surface area contributed by atoms with Crippen molar-refractivity contribution in [1.29, 1.82) is 0 Å². The van der Waals surface area contributed by atoms with Gasteiger partial charge in [0.2, 0.25) is 0 Å². The van der Waals surface area contributed by atoms with Gasteiger partial charge in [0.15, 0.2) is 11.4 Å². The minimum absolute atomic E-state index is 0.250. The molecule has 5 aliphatic rings. The number of rotatable bonds is 6. The van der Waals surface area contributed by atoms with E-state index < -0.39 is 0 Å². The molecule has 1 aromatic heterocycles. The number of aromatic nitrogens is 1. The van der Waals surface area contributed by atoms with Crippen LogP contribution in [0.15, 0.2) is 47.0 Å². The van der Waals surface area contributed by atoms with Gasteiger partial charge in [-0.25, -0.2) is 4.39 Å². The molecule has 202 valence electrons. The number of nitrogens with zero attached hydrogens (tertiary/aromatic N) is 4. The first-order valence-corrected chi connectivity index (χ1v) is 14.6. The summed E-state index contributed by atoms with van der Waals surface area (Å²) in [7, 11) is 0. The molecule has 0 N–H and O–H groups in total. The van der Waals surface area contributed by atoms with Gasteiger partial charge in [0.05, 0.1) is 12.0 Å². The summed E-state index contributed by atoms with van der Waals surface area (Å²) in [6, 6.07) is 13.9. The Labute approximate surface area is 224 Å². The molecule has 3 aromatic rings. The minimum atomic E-state index is -0.250. The molecule has 6 nitrogen and oxygen atoms in total. The standard InChI is InChI=1S/C31H39FN4O2/c32-26-9-11-30-29(15-26)31(33-38-30)36-13-12-35-19-25(8-10-27(35)20-36)21-37-28-3-1-2-24(14-28)18-34-16-22-4-5-23(17-34)7-6-22/h1-3,9,11,14-15,22-23,25,27H,4-8,10,12-13,16-21H2/t22?,23?,25-,27+/m1/s1. The van der Waals surface area contributed by atoms with Crippen LogP contribution in [0.5, 0.6) is 5.75 Å². The third kappa shape index (κ3) is 5.15. The second kappa shape index (κ2) is 10.5. The van der Waals surface area contributed by atoms with E-state index in [1.807, 2.05) is 0 Å². The van der Waals surface area contributed by atoms with Crippen LogP contribution in [-0.2, 0) is 6.54 Å². The number of hydrogen-bond donors (Lipinski definition) is 0. The van der Waals surface area contributed by atoms with Gasteiger partial charge in [-0.15, -0.1) is 0 Å². The van der Waals surface area contributed by atoms with Gasteiger partial charge in [-0.2, -0.15) is 0 Å². The molecular weight excluding hydrogens is 479 g/mol. The van der Waals surface area contributed by atoms with Gasteiger partial charge >= 0.3 is 0 Å². The number of hydrogen-bond acceptors (Lipinski definition) is 6. The van der Waals surface area contributed by atoms with E-state index in [0.717, 1.165) is 74.5 Å². The van der Waals surface area contributed by atoms with E-state index in [1.165, 1.54) is 62.9 Å². The number of fused-ring (bicyclic) bond motifs is 6. The zero-order valence-electron chi connectivity index (χ0n) is 22.2. The topological polar surface area (TPSA) is 45.0 Å². The maximum absolute atomic E-state index is 13.8. The Morgan fingerprint density at radius 3 is 2.58 bits per heavy atom. The first-order chi connectivity index (χ1) is 18.7. The van der Waals surface area contributed by atoms with Crippen molar-refractivity contribution >= 4 is 16.8 Å². The monoisotopic (exact) mass is 518 g/mol. The normalized spacial score (nSPS) is 28.4. The van der Waals surface area contributed by atoms with Crippen molar-refractivity contribution in [3.63, 3.8) is 0 Å². The molecule has 1 saturated carbocycles. The van der Waals surface area contributed by atoms with Gasteiger partial charge in [-0.05, 0) is 86.3 Å². The van der Waals surface area contributed by atoms with Crippen LogP contribution < -0.4 is 9.64 Å². The molecule has 0 radical (unpaired) electrons. The van der Waals surface area contributed by atoms with Crippen LogP contribution in [0.25, 0.3) is 11.0 Å². The number of piperidine rings is 1. The molecule has 2 aromatic carbocycles. The molecule has 38 heavy (non-hydrogen) atoms. The Hall–Kier alpha value is -2.64. The summed E-state index contributed by atoms with van der Waals surface area (Å²) >= 11 is 0. The van der Waals surface area contributed by atoms with Crippen LogP contribution in [-0.4, -0.2) is 66.9 Å². The van der Waals surface area contributed by atoms with E-state index in [1.54, 1.807) is 6.07 Å². The smallest absolute Gasteiger partial charge is 0.180 e. The second-order valence-corrected chi connectivity index (χ2v) is 12.2. The van der Waals surface area contributed by atoms with Crippen LogP contribution in [0.4, 0.5) is 10.2 Å². The maximum atomic E-state index is 13.8. The van der Waals surface area contributed by atoms with Gasteiger partial charge in [0.25, 0.3) is 0 Å². The second-order valence-electron chi connectivity index (χ2n) is 12.2. The van der Waals surface area contributed by atoms with Gasteiger partial charge in [0.1, 0.15) is 11.6 Å². The van der Waals surface area contributed by atoms with Crippen molar-refractivity contribution in [2.75, 3.05) is 50.8 Å². The first kappa shape index (κ1) is 24.4. The van der Waals surface area contributed by atoms with Gasteiger partial charge in [0, 0.05) is 57.8 Å². The lowest BCUT2D eigenvalue weighted by Crippen LogP contribution is -2.57. The molecule has 4 saturated heterocycles. The van der Waals surface area contributed by atoms with Crippen molar-refractivity contribution in [2.45, 2.75) is 51.1 Å². The van der Waals surface area contributed by atoms with Crippen LogP contribution >= 0.6 is 0 Å². The zero-order valence-corrected chi connectivity index (χ0v) is 22.2. The fourth-order valence-electron chi connectivity index (χ4n) is 7.45. The molecule has 0 unspecified atom stereocenters. The lowest BCUT2D eigenvalue weighted by atomic mass is 9.84. The molecule has 2 atom stereocenters. The average molecular weight is 519 g/mol. The van der Waals surface area contributed by atoms with Crippen LogP contribution in [0, 0.1) is 23.6 Å². The lowest BCUT2D eigenvalue weighted by molar-refractivity contribution is 0.0726. The highest BCUT2D eigenvalue weighted by Gasteiger charge is 2.34. The molecule has 2 bridgehead atoms. The Balaban J connectivity index is 0.921. The van der Waals surface area contributed by atoms with E-state index in [4.69, 9.17) is 9.26 Å². The molecule has 1 aliphatic carbocycles. The number of benzene rings is 2. The SMILES string of the molecule is Fc1ccc2onc(N3CCN4C[C@H](COc5cccc(CN6CC7CCC(CC7)C6)c5)CC[C@H]4C3)c2c1. The molecule has 0 amide bonds. The van der Waals surface area contributed by atoms with E-state index >= 15 is 0 Å².